The fraction of sp³-hybridized carbons (Fsp3) is 0.238. The van der Waals surface area contributed by atoms with Crippen molar-refractivity contribution < 1.29 is 18.8 Å². The molecule has 3 aromatic rings. The number of amides is 1. The molecular weight excluding hydrogens is 438 g/mol. The molecule has 0 radical (unpaired) electrons. The van der Waals surface area contributed by atoms with Crippen molar-refractivity contribution >= 4 is 27.8 Å². The Bertz CT molecular complexity index is 988. The summed E-state index contributed by atoms with van der Waals surface area (Å²) in [6.07, 6.45) is 0. The zero-order chi connectivity index (χ0) is 20.8. The number of hydrogen-bond acceptors (Lipinski definition) is 6. The number of carbonyl (C=O) groups excluding carboxylic acids is 2. The quantitative estimate of drug-likeness (QED) is 0.538. The van der Waals surface area contributed by atoms with Gasteiger partial charge in [0.25, 0.3) is 11.8 Å². The summed E-state index contributed by atoms with van der Waals surface area (Å²) in [5.41, 5.74) is 1.25. The second kappa shape index (κ2) is 9.47. The molecule has 1 N–H and O–H groups in total. The minimum Gasteiger partial charge on any atom is -0.454 e. The Kier molecular flexibility index (Phi) is 6.77. The van der Waals surface area contributed by atoms with Crippen molar-refractivity contribution in [3.05, 3.63) is 70.5 Å². The molecule has 0 aliphatic heterocycles. The third-order valence-electron chi connectivity index (χ3n) is 4.13. The van der Waals surface area contributed by atoms with E-state index in [4.69, 9.17) is 9.26 Å². The van der Waals surface area contributed by atoms with Gasteiger partial charge in [-0.1, -0.05) is 65.3 Å². The first-order chi connectivity index (χ1) is 13.9. The number of nitrogens with zero attached hydrogens (tertiary/aromatic N) is 2. The third-order valence-corrected chi connectivity index (χ3v) is 4.63. The summed E-state index contributed by atoms with van der Waals surface area (Å²) in [5.74, 6) is -0.488. The SMILES string of the molecule is CC(C)[C@H](NC(=O)c1ccccc1)C(=O)OCc1nc(-c2cccc(Br)c2)no1. The maximum Gasteiger partial charge on any atom is 0.329 e. The molecule has 1 aromatic heterocycles. The molecule has 8 heteroatoms. The molecule has 150 valence electrons. The van der Waals surface area contributed by atoms with Crippen LogP contribution in [-0.4, -0.2) is 28.1 Å². The predicted octanol–water partition coefficient (Wildman–Crippen LogP) is 4.00. The van der Waals surface area contributed by atoms with Crippen LogP contribution in [0.15, 0.2) is 63.6 Å². The summed E-state index contributed by atoms with van der Waals surface area (Å²) in [6.45, 7) is 3.48. The Hall–Kier alpha value is -3.00. The van der Waals surface area contributed by atoms with Crippen molar-refractivity contribution in [2.24, 2.45) is 5.92 Å². The number of hydrogen-bond donors (Lipinski definition) is 1. The lowest BCUT2D eigenvalue weighted by Crippen LogP contribution is -2.45. The van der Waals surface area contributed by atoms with E-state index < -0.39 is 12.0 Å². The van der Waals surface area contributed by atoms with Crippen LogP contribution in [0.2, 0.25) is 0 Å². The van der Waals surface area contributed by atoms with E-state index in [1.165, 1.54) is 0 Å². The van der Waals surface area contributed by atoms with Gasteiger partial charge in [-0.2, -0.15) is 4.98 Å². The van der Waals surface area contributed by atoms with Crippen molar-refractivity contribution in [2.75, 3.05) is 0 Å². The second-order valence-electron chi connectivity index (χ2n) is 6.69. The van der Waals surface area contributed by atoms with Crippen LogP contribution in [0, 0.1) is 5.92 Å². The van der Waals surface area contributed by atoms with Crippen molar-refractivity contribution in [3.63, 3.8) is 0 Å². The highest BCUT2D eigenvalue weighted by Crippen LogP contribution is 2.20. The van der Waals surface area contributed by atoms with Gasteiger partial charge < -0.3 is 14.6 Å². The van der Waals surface area contributed by atoms with Crippen molar-refractivity contribution in [3.8, 4) is 11.4 Å². The molecular formula is C21H20BrN3O4. The van der Waals surface area contributed by atoms with Crippen LogP contribution < -0.4 is 5.32 Å². The Balaban J connectivity index is 1.61. The van der Waals surface area contributed by atoms with Crippen molar-refractivity contribution in [2.45, 2.75) is 26.5 Å². The maximum atomic E-state index is 12.5. The number of esters is 1. The molecule has 0 aliphatic rings. The van der Waals surface area contributed by atoms with Crippen molar-refractivity contribution in [1.82, 2.24) is 15.5 Å². The van der Waals surface area contributed by atoms with E-state index in [0.717, 1.165) is 10.0 Å². The highest BCUT2D eigenvalue weighted by molar-refractivity contribution is 9.10. The summed E-state index contributed by atoms with van der Waals surface area (Å²) in [7, 11) is 0. The number of rotatable bonds is 7. The van der Waals surface area contributed by atoms with Crippen LogP contribution in [0.3, 0.4) is 0 Å². The number of halogens is 1. The maximum absolute atomic E-state index is 12.5. The molecule has 0 aliphatic carbocycles. The Morgan fingerprint density at radius 1 is 1.14 bits per heavy atom. The smallest absolute Gasteiger partial charge is 0.329 e. The minimum absolute atomic E-state index is 0.157. The number of ether oxygens (including phenoxy) is 1. The van der Waals surface area contributed by atoms with Crippen molar-refractivity contribution in [1.29, 1.82) is 0 Å². The average Bonchev–Trinajstić information content (AvgIpc) is 3.19. The van der Waals surface area contributed by atoms with E-state index in [9.17, 15) is 9.59 Å². The topological polar surface area (TPSA) is 94.3 Å². The van der Waals surface area contributed by atoms with Gasteiger partial charge in [0.2, 0.25) is 5.82 Å². The van der Waals surface area contributed by atoms with Gasteiger partial charge in [0.15, 0.2) is 6.61 Å². The standard InChI is InChI=1S/C21H20BrN3O4/c1-13(2)18(24-20(26)14-7-4-3-5-8-14)21(27)28-12-17-23-19(25-29-17)15-9-6-10-16(22)11-15/h3-11,13,18H,12H2,1-2H3,(H,24,26)/t18-/m0/s1. The molecule has 1 amide bonds. The molecule has 0 bridgehead atoms. The fourth-order valence-electron chi connectivity index (χ4n) is 2.59. The Labute approximate surface area is 176 Å². The van der Waals surface area contributed by atoms with Gasteiger partial charge >= 0.3 is 5.97 Å². The molecule has 0 unspecified atom stereocenters. The van der Waals surface area contributed by atoms with E-state index >= 15 is 0 Å². The van der Waals surface area contributed by atoms with Gasteiger partial charge in [-0.3, -0.25) is 4.79 Å². The Morgan fingerprint density at radius 3 is 2.59 bits per heavy atom. The molecule has 29 heavy (non-hydrogen) atoms. The molecule has 1 heterocycles. The first-order valence-electron chi connectivity index (χ1n) is 9.05. The van der Waals surface area contributed by atoms with Gasteiger partial charge in [0, 0.05) is 15.6 Å². The Morgan fingerprint density at radius 2 is 1.90 bits per heavy atom. The lowest BCUT2D eigenvalue weighted by atomic mass is 10.0. The number of carbonyl (C=O) groups is 2. The van der Waals surface area contributed by atoms with E-state index in [-0.39, 0.29) is 24.3 Å². The molecule has 0 saturated carbocycles. The van der Waals surface area contributed by atoms with E-state index in [2.05, 4.69) is 31.4 Å². The first-order valence-corrected chi connectivity index (χ1v) is 9.84. The average molecular weight is 458 g/mol. The molecule has 3 rings (SSSR count). The number of aromatic nitrogens is 2. The summed E-state index contributed by atoms with van der Waals surface area (Å²) in [5, 5.41) is 6.63. The van der Waals surface area contributed by atoms with Gasteiger partial charge in [-0.25, -0.2) is 4.79 Å². The summed E-state index contributed by atoms with van der Waals surface area (Å²) in [6, 6.07) is 15.4. The van der Waals surface area contributed by atoms with E-state index in [0.29, 0.717) is 11.4 Å². The van der Waals surface area contributed by atoms with Crippen LogP contribution in [0.4, 0.5) is 0 Å². The lowest BCUT2D eigenvalue weighted by Gasteiger charge is -2.20. The van der Waals surface area contributed by atoms with Crippen LogP contribution >= 0.6 is 15.9 Å². The zero-order valence-electron chi connectivity index (χ0n) is 16.0. The van der Waals surface area contributed by atoms with Crippen LogP contribution in [-0.2, 0) is 16.1 Å². The van der Waals surface area contributed by atoms with Gasteiger partial charge in [-0.05, 0) is 30.2 Å². The molecule has 0 fully saturated rings. The van der Waals surface area contributed by atoms with Gasteiger partial charge in [0.1, 0.15) is 6.04 Å². The van der Waals surface area contributed by atoms with Gasteiger partial charge in [0.05, 0.1) is 0 Å². The third kappa shape index (κ3) is 5.51. The molecule has 0 saturated heterocycles. The van der Waals surface area contributed by atoms with E-state index in [1.807, 2.05) is 44.2 Å². The van der Waals surface area contributed by atoms with E-state index in [1.54, 1.807) is 24.3 Å². The van der Waals surface area contributed by atoms with Gasteiger partial charge in [-0.15, -0.1) is 0 Å². The summed E-state index contributed by atoms with van der Waals surface area (Å²) >= 11 is 3.39. The lowest BCUT2D eigenvalue weighted by molar-refractivity contribution is -0.149. The van der Waals surface area contributed by atoms with Crippen LogP contribution in [0.25, 0.3) is 11.4 Å². The molecule has 2 aromatic carbocycles. The monoisotopic (exact) mass is 457 g/mol. The normalized spacial score (nSPS) is 11.9. The molecule has 1 atom stereocenters. The summed E-state index contributed by atoms with van der Waals surface area (Å²) in [4.78, 5) is 29.1. The molecule has 7 nitrogen and oxygen atoms in total. The minimum atomic E-state index is -0.796. The number of benzene rings is 2. The highest BCUT2D eigenvalue weighted by Gasteiger charge is 2.26. The predicted molar refractivity (Wildman–Crippen MR) is 110 cm³/mol. The highest BCUT2D eigenvalue weighted by atomic mass is 79.9. The zero-order valence-corrected chi connectivity index (χ0v) is 17.5. The van der Waals surface area contributed by atoms with Crippen LogP contribution in [0.5, 0.6) is 0 Å². The fourth-order valence-corrected chi connectivity index (χ4v) is 2.99. The van der Waals surface area contributed by atoms with Crippen LogP contribution in [0.1, 0.15) is 30.1 Å². The second-order valence-corrected chi connectivity index (χ2v) is 7.61. The number of nitrogens with one attached hydrogen (secondary N) is 1. The first kappa shape index (κ1) is 20.7. The largest absolute Gasteiger partial charge is 0.454 e. The molecule has 0 spiro atoms. The summed E-state index contributed by atoms with van der Waals surface area (Å²) < 4.78 is 11.4.